The zero-order valence-corrected chi connectivity index (χ0v) is 12.6. The number of nitrogens with zero attached hydrogens (tertiary/aromatic N) is 2. The normalized spacial score (nSPS) is 17.7. The summed E-state index contributed by atoms with van der Waals surface area (Å²) in [7, 11) is 0. The second kappa shape index (κ2) is 6.28. The summed E-state index contributed by atoms with van der Waals surface area (Å²) in [6, 6.07) is 0.0443. The van der Waals surface area contributed by atoms with Crippen molar-refractivity contribution in [2.75, 3.05) is 5.32 Å². The van der Waals surface area contributed by atoms with Gasteiger partial charge in [0.2, 0.25) is 0 Å². The molecule has 116 valence electrons. The predicted molar refractivity (Wildman–Crippen MR) is 80.6 cm³/mol. The zero-order chi connectivity index (χ0) is 15.5. The van der Waals surface area contributed by atoms with Crippen LogP contribution in [0, 0.1) is 0 Å². The molecule has 6 heteroatoms. The number of hydrogen-bond donors (Lipinski definition) is 2. The predicted octanol–water partition coefficient (Wildman–Crippen LogP) is 2.41. The molecule has 1 heterocycles. The van der Waals surface area contributed by atoms with Crippen LogP contribution in [-0.4, -0.2) is 26.2 Å². The van der Waals surface area contributed by atoms with Gasteiger partial charge in [0.15, 0.2) is 5.82 Å². The fourth-order valence-electron chi connectivity index (χ4n) is 3.03. The standard InChI is InChI=1S/C15H23N3O3/c1-11(2)18-9-8-16-13(14(18)21)17-15(10-12(19)20)6-4-3-5-7-15/h8-9,11H,3-7,10H2,1-2H3,(H,16,17)(H,19,20). The second-order valence-electron chi connectivity index (χ2n) is 6.12. The van der Waals surface area contributed by atoms with Gasteiger partial charge in [0.05, 0.1) is 6.42 Å². The number of anilines is 1. The minimum Gasteiger partial charge on any atom is -0.481 e. The van der Waals surface area contributed by atoms with Gasteiger partial charge in [0, 0.05) is 24.0 Å². The molecule has 1 saturated carbocycles. The molecule has 1 aliphatic carbocycles. The van der Waals surface area contributed by atoms with Crippen molar-refractivity contribution in [3.8, 4) is 0 Å². The monoisotopic (exact) mass is 293 g/mol. The highest BCUT2D eigenvalue weighted by molar-refractivity contribution is 5.69. The van der Waals surface area contributed by atoms with Crippen LogP contribution in [0.2, 0.25) is 0 Å². The third-order valence-electron chi connectivity index (χ3n) is 4.11. The van der Waals surface area contributed by atoms with Gasteiger partial charge in [-0.2, -0.15) is 0 Å². The van der Waals surface area contributed by atoms with Crippen molar-refractivity contribution < 1.29 is 9.90 Å². The van der Waals surface area contributed by atoms with Crippen molar-refractivity contribution in [3.63, 3.8) is 0 Å². The van der Waals surface area contributed by atoms with E-state index in [1.165, 1.54) is 0 Å². The van der Waals surface area contributed by atoms with Crippen LogP contribution in [0.15, 0.2) is 17.2 Å². The van der Waals surface area contributed by atoms with Crippen LogP contribution in [0.1, 0.15) is 58.4 Å². The molecule has 1 aromatic rings. The van der Waals surface area contributed by atoms with Gasteiger partial charge in [-0.05, 0) is 26.7 Å². The molecule has 0 bridgehead atoms. The highest BCUT2D eigenvalue weighted by Crippen LogP contribution is 2.33. The number of rotatable bonds is 5. The Morgan fingerprint density at radius 2 is 2.10 bits per heavy atom. The molecular weight excluding hydrogens is 270 g/mol. The van der Waals surface area contributed by atoms with Crippen molar-refractivity contribution >= 4 is 11.8 Å². The first-order valence-corrected chi connectivity index (χ1v) is 7.51. The lowest BCUT2D eigenvalue weighted by atomic mass is 9.79. The van der Waals surface area contributed by atoms with Gasteiger partial charge >= 0.3 is 5.97 Å². The van der Waals surface area contributed by atoms with Gasteiger partial charge in [-0.15, -0.1) is 0 Å². The lowest BCUT2D eigenvalue weighted by Crippen LogP contribution is -2.44. The molecule has 1 aromatic heterocycles. The Labute approximate surface area is 124 Å². The van der Waals surface area contributed by atoms with Gasteiger partial charge in [0.25, 0.3) is 5.56 Å². The third-order valence-corrected chi connectivity index (χ3v) is 4.11. The van der Waals surface area contributed by atoms with Crippen molar-refractivity contribution in [2.45, 2.75) is 64.0 Å². The Morgan fingerprint density at radius 3 is 2.67 bits per heavy atom. The van der Waals surface area contributed by atoms with E-state index in [-0.39, 0.29) is 23.8 Å². The van der Waals surface area contributed by atoms with Crippen LogP contribution in [-0.2, 0) is 4.79 Å². The molecule has 0 spiro atoms. The summed E-state index contributed by atoms with van der Waals surface area (Å²) in [5.41, 5.74) is -0.741. The summed E-state index contributed by atoms with van der Waals surface area (Å²) in [6.45, 7) is 3.86. The molecule has 2 N–H and O–H groups in total. The van der Waals surface area contributed by atoms with Crippen LogP contribution in [0.3, 0.4) is 0 Å². The molecule has 2 rings (SSSR count). The first-order chi connectivity index (χ1) is 9.93. The van der Waals surface area contributed by atoms with Gasteiger partial charge < -0.3 is 15.0 Å². The highest BCUT2D eigenvalue weighted by Gasteiger charge is 2.35. The Hall–Kier alpha value is -1.85. The topological polar surface area (TPSA) is 84.2 Å². The molecule has 6 nitrogen and oxygen atoms in total. The molecular formula is C15H23N3O3. The Kier molecular flexibility index (Phi) is 4.65. The lowest BCUT2D eigenvalue weighted by molar-refractivity contribution is -0.138. The first kappa shape index (κ1) is 15.5. The van der Waals surface area contributed by atoms with Crippen LogP contribution < -0.4 is 10.9 Å². The molecule has 1 fully saturated rings. The van der Waals surface area contributed by atoms with Gasteiger partial charge in [-0.1, -0.05) is 19.3 Å². The number of aromatic nitrogens is 2. The lowest BCUT2D eigenvalue weighted by Gasteiger charge is -2.37. The summed E-state index contributed by atoms with van der Waals surface area (Å²) in [5, 5.41) is 12.3. The number of carboxylic acid groups (broad SMARTS) is 1. The molecule has 0 aliphatic heterocycles. The zero-order valence-electron chi connectivity index (χ0n) is 12.6. The average Bonchev–Trinajstić information content (AvgIpc) is 2.41. The molecule has 0 amide bonds. The number of nitrogens with one attached hydrogen (secondary N) is 1. The van der Waals surface area contributed by atoms with E-state index < -0.39 is 11.5 Å². The first-order valence-electron chi connectivity index (χ1n) is 7.51. The van der Waals surface area contributed by atoms with E-state index in [1.54, 1.807) is 17.0 Å². The molecule has 0 aromatic carbocycles. The maximum atomic E-state index is 12.4. The molecule has 0 atom stereocenters. The average molecular weight is 293 g/mol. The van der Waals surface area contributed by atoms with E-state index >= 15 is 0 Å². The maximum Gasteiger partial charge on any atom is 0.305 e. The summed E-state index contributed by atoms with van der Waals surface area (Å²) in [5.74, 6) is -0.584. The minimum absolute atomic E-state index is 0.0185. The van der Waals surface area contributed by atoms with Crippen molar-refractivity contribution in [1.82, 2.24) is 9.55 Å². The minimum atomic E-state index is -0.843. The van der Waals surface area contributed by atoms with Gasteiger partial charge in [-0.25, -0.2) is 4.98 Å². The van der Waals surface area contributed by atoms with Crippen LogP contribution in [0.4, 0.5) is 5.82 Å². The third kappa shape index (κ3) is 3.62. The number of hydrogen-bond acceptors (Lipinski definition) is 4. The summed E-state index contributed by atoms with van der Waals surface area (Å²) in [6.07, 6.45) is 7.85. The SMILES string of the molecule is CC(C)n1ccnc(NC2(CC(=O)O)CCCCC2)c1=O. The van der Waals surface area contributed by atoms with Crippen molar-refractivity contribution in [3.05, 3.63) is 22.7 Å². The Bertz CT molecular complexity index is 560. The largest absolute Gasteiger partial charge is 0.481 e. The summed E-state index contributed by atoms with van der Waals surface area (Å²) < 4.78 is 1.60. The number of carboxylic acids is 1. The van der Waals surface area contributed by atoms with E-state index in [9.17, 15) is 14.7 Å². The van der Waals surface area contributed by atoms with E-state index in [2.05, 4.69) is 10.3 Å². The van der Waals surface area contributed by atoms with Gasteiger partial charge in [-0.3, -0.25) is 9.59 Å². The fraction of sp³-hybridized carbons (Fsp3) is 0.667. The number of aliphatic carboxylic acids is 1. The van der Waals surface area contributed by atoms with Crippen LogP contribution >= 0.6 is 0 Å². The fourth-order valence-corrected chi connectivity index (χ4v) is 3.03. The van der Waals surface area contributed by atoms with E-state index in [0.29, 0.717) is 0 Å². The Balaban J connectivity index is 2.31. The quantitative estimate of drug-likeness (QED) is 0.871. The summed E-state index contributed by atoms with van der Waals surface area (Å²) >= 11 is 0. The molecule has 0 unspecified atom stereocenters. The molecule has 0 radical (unpaired) electrons. The Morgan fingerprint density at radius 1 is 1.43 bits per heavy atom. The van der Waals surface area contributed by atoms with Crippen molar-refractivity contribution in [2.24, 2.45) is 0 Å². The van der Waals surface area contributed by atoms with Crippen LogP contribution in [0.5, 0.6) is 0 Å². The molecule has 0 saturated heterocycles. The van der Waals surface area contributed by atoms with E-state index in [1.807, 2.05) is 13.8 Å². The highest BCUT2D eigenvalue weighted by atomic mass is 16.4. The van der Waals surface area contributed by atoms with Gasteiger partial charge in [0.1, 0.15) is 0 Å². The van der Waals surface area contributed by atoms with Crippen LogP contribution in [0.25, 0.3) is 0 Å². The second-order valence-corrected chi connectivity index (χ2v) is 6.12. The van der Waals surface area contributed by atoms with E-state index in [4.69, 9.17) is 0 Å². The number of carbonyl (C=O) groups is 1. The summed E-state index contributed by atoms with van der Waals surface area (Å²) in [4.78, 5) is 27.7. The molecule has 21 heavy (non-hydrogen) atoms. The maximum absolute atomic E-state index is 12.4. The van der Waals surface area contributed by atoms with Crippen molar-refractivity contribution in [1.29, 1.82) is 0 Å². The smallest absolute Gasteiger partial charge is 0.305 e. The van der Waals surface area contributed by atoms with E-state index in [0.717, 1.165) is 32.1 Å². The molecule has 1 aliphatic rings.